The number of rotatable bonds is 7. The molecule has 1 aromatic carbocycles. The molecule has 0 aliphatic heterocycles. The van der Waals surface area contributed by atoms with E-state index in [1.807, 2.05) is 44.2 Å². The van der Waals surface area contributed by atoms with E-state index >= 15 is 0 Å². The van der Waals surface area contributed by atoms with E-state index in [1.54, 1.807) is 7.11 Å². The van der Waals surface area contributed by atoms with Gasteiger partial charge in [-0.25, -0.2) is 4.79 Å². The van der Waals surface area contributed by atoms with E-state index in [1.165, 1.54) is 6.08 Å². The Morgan fingerprint density at radius 3 is 2.60 bits per heavy atom. The lowest BCUT2D eigenvalue weighted by atomic mass is 10.2. The fourth-order valence-electron chi connectivity index (χ4n) is 1.53. The molecule has 4 nitrogen and oxygen atoms in total. The van der Waals surface area contributed by atoms with E-state index in [4.69, 9.17) is 9.47 Å². The molecule has 0 saturated carbocycles. The third kappa shape index (κ3) is 6.85. The maximum Gasteiger partial charge on any atom is 0.331 e. The Labute approximate surface area is 120 Å². The number of carbonyl (C=O) groups excluding carboxylic acids is 1. The predicted octanol–water partition coefficient (Wildman–Crippen LogP) is 2.78. The quantitative estimate of drug-likeness (QED) is 0.437. The molecule has 0 radical (unpaired) electrons. The summed E-state index contributed by atoms with van der Waals surface area (Å²) in [5.41, 5.74) is 2.73. The van der Waals surface area contributed by atoms with Gasteiger partial charge in [-0.3, -0.25) is 4.99 Å². The Morgan fingerprint density at radius 1 is 1.25 bits per heavy atom. The Bertz CT molecular complexity index is 478. The van der Waals surface area contributed by atoms with E-state index in [0.717, 1.165) is 16.8 Å². The van der Waals surface area contributed by atoms with Gasteiger partial charge < -0.3 is 9.47 Å². The summed E-state index contributed by atoms with van der Waals surface area (Å²) in [5, 5.41) is 0. The number of methoxy groups -OCH3 is 1. The lowest BCUT2D eigenvalue weighted by Gasteiger charge is -2.03. The number of esters is 1. The van der Waals surface area contributed by atoms with Gasteiger partial charge in [0.1, 0.15) is 6.61 Å². The van der Waals surface area contributed by atoms with Crippen molar-refractivity contribution < 1.29 is 14.3 Å². The van der Waals surface area contributed by atoms with Crippen molar-refractivity contribution in [1.29, 1.82) is 0 Å². The molecule has 0 aliphatic rings. The molecule has 0 saturated heterocycles. The van der Waals surface area contributed by atoms with Gasteiger partial charge in [0.2, 0.25) is 0 Å². The summed E-state index contributed by atoms with van der Waals surface area (Å²) in [6.45, 7) is 5.02. The summed E-state index contributed by atoms with van der Waals surface area (Å²) < 4.78 is 10.1. The highest BCUT2D eigenvalue weighted by Gasteiger charge is 2.00. The van der Waals surface area contributed by atoms with Crippen LogP contribution in [-0.4, -0.2) is 31.9 Å². The molecule has 0 aromatic heterocycles. The van der Waals surface area contributed by atoms with Crippen molar-refractivity contribution in [1.82, 2.24) is 0 Å². The second kappa shape index (κ2) is 9.04. The molecule has 0 heterocycles. The summed E-state index contributed by atoms with van der Waals surface area (Å²) in [6, 6.07) is 9.59. The van der Waals surface area contributed by atoms with Crippen LogP contribution < -0.4 is 0 Å². The number of benzene rings is 1. The topological polar surface area (TPSA) is 47.9 Å². The van der Waals surface area contributed by atoms with Gasteiger partial charge in [-0.05, 0) is 25.0 Å². The second-order valence-electron chi connectivity index (χ2n) is 4.57. The van der Waals surface area contributed by atoms with Gasteiger partial charge in [0.05, 0.1) is 13.2 Å². The van der Waals surface area contributed by atoms with E-state index in [2.05, 4.69) is 4.99 Å². The van der Waals surface area contributed by atoms with Crippen LogP contribution in [0.25, 0.3) is 0 Å². The van der Waals surface area contributed by atoms with Crippen LogP contribution in [0.5, 0.6) is 0 Å². The Morgan fingerprint density at radius 2 is 1.95 bits per heavy atom. The van der Waals surface area contributed by atoms with Crippen molar-refractivity contribution in [3.05, 3.63) is 47.5 Å². The zero-order valence-corrected chi connectivity index (χ0v) is 12.3. The summed E-state index contributed by atoms with van der Waals surface area (Å²) >= 11 is 0. The highest BCUT2D eigenvalue weighted by molar-refractivity contribution is 5.84. The molecule has 1 aromatic rings. The number of carbonyl (C=O) groups is 1. The van der Waals surface area contributed by atoms with E-state index < -0.39 is 0 Å². The van der Waals surface area contributed by atoms with Crippen LogP contribution in [-0.2, 0) is 20.9 Å². The smallest absolute Gasteiger partial charge is 0.331 e. The minimum absolute atomic E-state index is 0.287. The van der Waals surface area contributed by atoms with Crippen LogP contribution in [0.15, 0.2) is 47.0 Å². The van der Waals surface area contributed by atoms with Crippen molar-refractivity contribution in [2.45, 2.75) is 20.5 Å². The summed E-state index contributed by atoms with van der Waals surface area (Å²) in [6.07, 6.45) is 1.48. The second-order valence-corrected chi connectivity index (χ2v) is 4.57. The van der Waals surface area contributed by atoms with Crippen LogP contribution in [0.3, 0.4) is 0 Å². The van der Waals surface area contributed by atoms with Crippen molar-refractivity contribution in [3.8, 4) is 0 Å². The molecule has 0 atom stereocenters. The lowest BCUT2D eigenvalue weighted by molar-refractivity contribution is -0.139. The van der Waals surface area contributed by atoms with Crippen LogP contribution in [0.4, 0.5) is 0 Å². The van der Waals surface area contributed by atoms with Crippen LogP contribution in [0.1, 0.15) is 19.4 Å². The molecular formula is C16H21NO3. The number of hydrogen-bond donors (Lipinski definition) is 0. The molecular weight excluding hydrogens is 254 g/mol. The number of hydrogen-bond acceptors (Lipinski definition) is 4. The molecule has 0 N–H and O–H groups in total. The molecule has 0 amide bonds. The first-order valence-corrected chi connectivity index (χ1v) is 6.48. The normalized spacial score (nSPS) is 12.3. The standard InChI is InChI=1S/C16H21NO3/c1-13(10-17-14(2)11-19-3)9-16(18)20-12-15-7-5-4-6-8-15/h4-9H,10-12H2,1-3H3/b13-9-,17-14+. The molecule has 4 heteroatoms. The molecule has 0 unspecified atom stereocenters. The molecule has 1 rings (SSSR count). The molecule has 0 spiro atoms. The van der Waals surface area contributed by atoms with E-state index in [0.29, 0.717) is 13.2 Å². The van der Waals surface area contributed by atoms with Crippen molar-refractivity contribution in [2.75, 3.05) is 20.3 Å². The van der Waals surface area contributed by atoms with E-state index in [-0.39, 0.29) is 12.6 Å². The Balaban J connectivity index is 2.40. The largest absolute Gasteiger partial charge is 0.458 e. The van der Waals surface area contributed by atoms with Crippen LogP contribution in [0, 0.1) is 0 Å². The average molecular weight is 275 g/mol. The first-order valence-electron chi connectivity index (χ1n) is 6.48. The minimum Gasteiger partial charge on any atom is -0.458 e. The van der Waals surface area contributed by atoms with Gasteiger partial charge in [-0.15, -0.1) is 0 Å². The van der Waals surface area contributed by atoms with Gasteiger partial charge in [0, 0.05) is 18.9 Å². The summed E-state index contributed by atoms with van der Waals surface area (Å²) in [5.74, 6) is -0.342. The van der Waals surface area contributed by atoms with Crippen molar-refractivity contribution in [2.24, 2.45) is 4.99 Å². The third-order valence-corrected chi connectivity index (χ3v) is 2.54. The maximum atomic E-state index is 11.6. The Hall–Kier alpha value is -1.94. The fourth-order valence-corrected chi connectivity index (χ4v) is 1.53. The first-order chi connectivity index (χ1) is 9.61. The SMILES string of the molecule is COC/C(C)=N/C/C(C)=C\C(=O)OCc1ccccc1. The number of nitrogens with zero attached hydrogens (tertiary/aromatic N) is 1. The maximum absolute atomic E-state index is 11.6. The highest BCUT2D eigenvalue weighted by Crippen LogP contribution is 2.02. The van der Waals surface area contributed by atoms with Gasteiger partial charge in [0.25, 0.3) is 0 Å². The monoisotopic (exact) mass is 275 g/mol. The van der Waals surface area contributed by atoms with Crippen molar-refractivity contribution in [3.63, 3.8) is 0 Å². The molecule has 20 heavy (non-hydrogen) atoms. The van der Waals surface area contributed by atoms with E-state index in [9.17, 15) is 4.79 Å². The Kier molecular flexibility index (Phi) is 7.29. The minimum atomic E-state index is -0.342. The number of ether oxygens (including phenoxy) is 2. The van der Waals surface area contributed by atoms with Crippen LogP contribution >= 0.6 is 0 Å². The first kappa shape index (κ1) is 16.1. The number of aliphatic imine (C=N–C) groups is 1. The molecule has 108 valence electrons. The van der Waals surface area contributed by atoms with Gasteiger partial charge in [-0.1, -0.05) is 30.3 Å². The third-order valence-electron chi connectivity index (χ3n) is 2.54. The summed E-state index contributed by atoms with van der Waals surface area (Å²) in [4.78, 5) is 15.9. The predicted molar refractivity (Wildman–Crippen MR) is 79.8 cm³/mol. The zero-order valence-electron chi connectivity index (χ0n) is 12.3. The van der Waals surface area contributed by atoms with Gasteiger partial charge in [0.15, 0.2) is 0 Å². The van der Waals surface area contributed by atoms with Crippen LogP contribution in [0.2, 0.25) is 0 Å². The van der Waals surface area contributed by atoms with Crippen molar-refractivity contribution >= 4 is 11.7 Å². The lowest BCUT2D eigenvalue weighted by Crippen LogP contribution is -2.05. The van der Waals surface area contributed by atoms with Gasteiger partial charge in [-0.2, -0.15) is 0 Å². The fraction of sp³-hybridized carbons (Fsp3) is 0.375. The molecule has 0 bridgehead atoms. The highest BCUT2D eigenvalue weighted by atomic mass is 16.5. The zero-order chi connectivity index (χ0) is 14.8. The average Bonchev–Trinajstić information content (AvgIpc) is 2.44. The van der Waals surface area contributed by atoms with Gasteiger partial charge >= 0.3 is 5.97 Å². The molecule has 0 fully saturated rings. The summed E-state index contributed by atoms with van der Waals surface area (Å²) in [7, 11) is 1.63. The molecule has 0 aliphatic carbocycles.